The van der Waals surface area contributed by atoms with Crippen molar-refractivity contribution < 1.29 is 9.59 Å². The number of hydrogen-bond acceptors (Lipinski definition) is 3. The maximum Gasteiger partial charge on any atom is 0.230 e. The number of carbonyl (C=O) groups is 2. The van der Waals surface area contributed by atoms with Gasteiger partial charge in [0.25, 0.3) is 0 Å². The molecule has 0 saturated carbocycles. The second-order valence-corrected chi connectivity index (χ2v) is 7.04. The Morgan fingerprint density at radius 3 is 2.36 bits per heavy atom. The van der Waals surface area contributed by atoms with Crippen LogP contribution >= 0.6 is 11.8 Å². The molecule has 0 bridgehead atoms. The van der Waals surface area contributed by atoms with E-state index in [-0.39, 0.29) is 17.9 Å². The fraction of sp³-hybridized carbons (Fsp3) is 0.300. The lowest BCUT2D eigenvalue weighted by atomic mass is 10.1. The highest BCUT2D eigenvalue weighted by Gasteiger charge is 2.08. The Morgan fingerprint density at radius 1 is 1.04 bits per heavy atom. The standard InChI is InChI=1S/C20H24N2O2S/c1-15(8-9-17-6-4-3-5-7-17)21-20(24)14-25-19-12-10-18(11-13-19)22-16(2)23/h3-7,10-13,15H,8-9,14H2,1-2H3,(H,21,24)(H,22,23). The highest BCUT2D eigenvalue weighted by atomic mass is 32.2. The minimum absolute atomic E-state index is 0.0384. The second-order valence-electron chi connectivity index (χ2n) is 5.99. The first-order valence-electron chi connectivity index (χ1n) is 8.36. The summed E-state index contributed by atoms with van der Waals surface area (Å²) in [6, 6.07) is 17.9. The molecule has 2 rings (SSSR count). The minimum Gasteiger partial charge on any atom is -0.353 e. The maximum atomic E-state index is 12.1. The predicted octanol–water partition coefficient (Wildman–Crippen LogP) is 3.87. The van der Waals surface area contributed by atoms with Crippen molar-refractivity contribution in [2.24, 2.45) is 0 Å². The molecule has 0 saturated heterocycles. The van der Waals surface area contributed by atoms with Gasteiger partial charge in [0.1, 0.15) is 0 Å². The molecular weight excluding hydrogens is 332 g/mol. The zero-order valence-corrected chi connectivity index (χ0v) is 15.4. The molecule has 0 heterocycles. The summed E-state index contributed by atoms with van der Waals surface area (Å²) >= 11 is 1.49. The summed E-state index contributed by atoms with van der Waals surface area (Å²) in [4.78, 5) is 24.1. The molecule has 2 aromatic rings. The van der Waals surface area contributed by atoms with Crippen molar-refractivity contribution in [1.29, 1.82) is 0 Å². The molecule has 5 heteroatoms. The van der Waals surface area contributed by atoms with Crippen LogP contribution in [0.4, 0.5) is 5.69 Å². The smallest absolute Gasteiger partial charge is 0.230 e. The van der Waals surface area contributed by atoms with Crippen LogP contribution in [0.2, 0.25) is 0 Å². The second kappa shape index (κ2) is 9.89. The van der Waals surface area contributed by atoms with E-state index in [4.69, 9.17) is 0 Å². The predicted molar refractivity (Wildman–Crippen MR) is 104 cm³/mol. The van der Waals surface area contributed by atoms with Crippen LogP contribution in [-0.4, -0.2) is 23.6 Å². The Kier molecular flexibility index (Phi) is 7.54. The number of hydrogen-bond donors (Lipinski definition) is 2. The SMILES string of the molecule is CC(=O)Nc1ccc(SCC(=O)NC(C)CCc2ccccc2)cc1. The number of thioether (sulfide) groups is 1. The summed E-state index contributed by atoms with van der Waals surface area (Å²) < 4.78 is 0. The van der Waals surface area contributed by atoms with Crippen LogP contribution in [0.1, 0.15) is 25.8 Å². The molecule has 25 heavy (non-hydrogen) atoms. The van der Waals surface area contributed by atoms with Gasteiger partial charge in [-0.1, -0.05) is 30.3 Å². The van der Waals surface area contributed by atoms with Crippen molar-refractivity contribution in [2.75, 3.05) is 11.1 Å². The van der Waals surface area contributed by atoms with Crippen molar-refractivity contribution in [3.8, 4) is 0 Å². The number of aryl methyl sites for hydroxylation is 1. The molecule has 2 N–H and O–H groups in total. The van der Waals surface area contributed by atoms with Crippen molar-refractivity contribution in [2.45, 2.75) is 37.6 Å². The van der Waals surface area contributed by atoms with Crippen molar-refractivity contribution in [1.82, 2.24) is 5.32 Å². The van der Waals surface area contributed by atoms with Gasteiger partial charge in [0.2, 0.25) is 11.8 Å². The van der Waals surface area contributed by atoms with Gasteiger partial charge < -0.3 is 10.6 Å². The number of carbonyl (C=O) groups excluding carboxylic acids is 2. The zero-order valence-electron chi connectivity index (χ0n) is 14.6. The van der Waals surface area contributed by atoms with E-state index in [1.165, 1.54) is 24.2 Å². The van der Waals surface area contributed by atoms with Gasteiger partial charge in [-0.3, -0.25) is 9.59 Å². The lowest BCUT2D eigenvalue weighted by Crippen LogP contribution is -2.34. The third-order valence-electron chi connectivity index (χ3n) is 3.66. The molecule has 1 atom stereocenters. The Balaban J connectivity index is 1.70. The van der Waals surface area contributed by atoms with E-state index >= 15 is 0 Å². The number of benzene rings is 2. The first kappa shape index (κ1) is 19.1. The normalized spacial score (nSPS) is 11.6. The van der Waals surface area contributed by atoms with E-state index in [0.29, 0.717) is 5.75 Å². The van der Waals surface area contributed by atoms with E-state index in [0.717, 1.165) is 23.4 Å². The Bertz CT molecular complexity index is 687. The highest BCUT2D eigenvalue weighted by molar-refractivity contribution is 8.00. The van der Waals surface area contributed by atoms with Crippen molar-refractivity contribution >= 4 is 29.3 Å². The van der Waals surface area contributed by atoms with Gasteiger partial charge in [-0.15, -0.1) is 11.8 Å². The van der Waals surface area contributed by atoms with Gasteiger partial charge >= 0.3 is 0 Å². The molecule has 0 spiro atoms. The molecule has 132 valence electrons. The van der Waals surface area contributed by atoms with E-state index in [9.17, 15) is 9.59 Å². The maximum absolute atomic E-state index is 12.1. The van der Waals surface area contributed by atoms with Gasteiger partial charge in [0.15, 0.2) is 0 Å². The minimum atomic E-state index is -0.0933. The van der Waals surface area contributed by atoms with Crippen LogP contribution in [0.25, 0.3) is 0 Å². The molecule has 0 aliphatic carbocycles. The van der Waals surface area contributed by atoms with Crippen LogP contribution in [-0.2, 0) is 16.0 Å². The summed E-state index contributed by atoms with van der Waals surface area (Å²) in [7, 11) is 0. The number of amides is 2. The van der Waals surface area contributed by atoms with Crippen LogP contribution in [0.5, 0.6) is 0 Å². The molecule has 2 amide bonds. The van der Waals surface area contributed by atoms with Crippen molar-refractivity contribution in [3.05, 3.63) is 60.2 Å². The van der Waals surface area contributed by atoms with Crippen LogP contribution in [0.15, 0.2) is 59.5 Å². The van der Waals surface area contributed by atoms with E-state index in [1.807, 2.05) is 49.4 Å². The fourth-order valence-electron chi connectivity index (χ4n) is 2.40. The molecular formula is C20H24N2O2S. The first-order chi connectivity index (χ1) is 12.0. The van der Waals surface area contributed by atoms with Gasteiger partial charge in [-0.25, -0.2) is 0 Å². The van der Waals surface area contributed by atoms with Gasteiger partial charge in [0.05, 0.1) is 5.75 Å². The molecule has 0 aliphatic heterocycles. The average molecular weight is 356 g/mol. The molecule has 1 unspecified atom stereocenters. The summed E-state index contributed by atoms with van der Waals surface area (Å²) in [6.07, 6.45) is 1.88. The van der Waals surface area contributed by atoms with E-state index in [1.54, 1.807) is 0 Å². The van der Waals surface area contributed by atoms with Crippen LogP contribution in [0, 0.1) is 0 Å². The lowest BCUT2D eigenvalue weighted by molar-refractivity contribution is -0.119. The number of nitrogens with one attached hydrogen (secondary N) is 2. The van der Waals surface area contributed by atoms with Crippen LogP contribution < -0.4 is 10.6 Å². The quantitative estimate of drug-likeness (QED) is 0.706. The number of rotatable bonds is 8. The summed E-state index contributed by atoms with van der Waals surface area (Å²) in [5, 5.41) is 5.76. The fourth-order valence-corrected chi connectivity index (χ4v) is 3.11. The summed E-state index contributed by atoms with van der Waals surface area (Å²) in [5.41, 5.74) is 2.05. The number of anilines is 1. The Morgan fingerprint density at radius 2 is 1.72 bits per heavy atom. The average Bonchev–Trinajstić information content (AvgIpc) is 2.60. The molecule has 2 aromatic carbocycles. The molecule has 0 aromatic heterocycles. The van der Waals surface area contributed by atoms with Crippen molar-refractivity contribution in [3.63, 3.8) is 0 Å². The van der Waals surface area contributed by atoms with Gasteiger partial charge in [-0.2, -0.15) is 0 Å². The summed E-state index contributed by atoms with van der Waals surface area (Å²) in [6.45, 7) is 3.51. The van der Waals surface area contributed by atoms with Gasteiger partial charge in [0, 0.05) is 23.5 Å². The first-order valence-corrected chi connectivity index (χ1v) is 9.35. The molecule has 0 fully saturated rings. The monoisotopic (exact) mass is 356 g/mol. The third-order valence-corrected chi connectivity index (χ3v) is 4.67. The molecule has 4 nitrogen and oxygen atoms in total. The summed E-state index contributed by atoms with van der Waals surface area (Å²) in [5.74, 6) is 0.329. The molecule has 0 radical (unpaired) electrons. The van der Waals surface area contributed by atoms with Gasteiger partial charge in [-0.05, 0) is 49.6 Å². The van der Waals surface area contributed by atoms with Crippen LogP contribution in [0.3, 0.4) is 0 Å². The topological polar surface area (TPSA) is 58.2 Å². The molecule has 0 aliphatic rings. The lowest BCUT2D eigenvalue weighted by Gasteiger charge is -2.14. The third kappa shape index (κ3) is 7.44. The highest BCUT2D eigenvalue weighted by Crippen LogP contribution is 2.20. The Hall–Kier alpha value is -2.27. The zero-order chi connectivity index (χ0) is 18.1. The largest absolute Gasteiger partial charge is 0.353 e. The Labute approximate surface area is 153 Å². The van der Waals surface area contributed by atoms with E-state index < -0.39 is 0 Å². The van der Waals surface area contributed by atoms with E-state index in [2.05, 4.69) is 22.8 Å².